The first kappa shape index (κ1) is 13.5. The largest absolute Gasteiger partial charge is 0.396 e. The average Bonchev–Trinajstić information content (AvgIpc) is 2.42. The molecule has 1 heterocycles. The number of aliphatic hydroxyl groups excluding tert-OH is 1. The molecule has 0 bridgehead atoms. The Labute approximate surface area is 110 Å². The lowest BCUT2D eigenvalue weighted by molar-refractivity contribution is 0.286. The number of nitrogens with one attached hydrogen (secondary N) is 2. The standard InChI is InChI=1S/C15H24N2O/c1-2-15-9-14-8-12(10-16-6-3-7-18)4-5-13(14)11-17-15/h4-5,8,15-18H,2-3,6-7,9-11H2,1H3. The van der Waals surface area contributed by atoms with Crippen molar-refractivity contribution in [2.75, 3.05) is 13.2 Å². The molecule has 100 valence electrons. The van der Waals surface area contributed by atoms with Crippen molar-refractivity contribution in [2.24, 2.45) is 0 Å². The van der Waals surface area contributed by atoms with E-state index in [4.69, 9.17) is 5.11 Å². The number of hydrogen-bond donors (Lipinski definition) is 3. The predicted octanol–water partition coefficient (Wildman–Crippen LogP) is 1.58. The van der Waals surface area contributed by atoms with Gasteiger partial charge in [-0.3, -0.25) is 0 Å². The summed E-state index contributed by atoms with van der Waals surface area (Å²) in [6, 6.07) is 7.43. The minimum absolute atomic E-state index is 0.265. The van der Waals surface area contributed by atoms with Gasteiger partial charge in [-0.15, -0.1) is 0 Å². The van der Waals surface area contributed by atoms with E-state index in [9.17, 15) is 0 Å². The first-order valence-electron chi connectivity index (χ1n) is 6.99. The van der Waals surface area contributed by atoms with E-state index < -0.39 is 0 Å². The van der Waals surface area contributed by atoms with Crippen LogP contribution in [0.3, 0.4) is 0 Å². The second-order valence-corrected chi connectivity index (χ2v) is 5.05. The van der Waals surface area contributed by atoms with Crippen molar-refractivity contribution < 1.29 is 5.11 Å². The lowest BCUT2D eigenvalue weighted by Crippen LogP contribution is -2.34. The van der Waals surface area contributed by atoms with Crippen molar-refractivity contribution in [1.82, 2.24) is 10.6 Å². The Bertz CT molecular complexity index is 379. The summed E-state index contributed by atoms with van der Waals surface area (Å²) in [4.78, 5) is 0. The molecule has 0 amide bonds. The van der Waals surface area contributed by atoms with Gasteiger partial charge < -0.3 is 15.7 Å². The minimum atomic E-state index is 0.265. The molecule has 0 aromatic heterocycles. The lowest BCUT2D eigenvalue weighted by Gasteiger charge is -2.25. The molecule has 0 saturated heterocycles. The number of benzene rings is 1. The highest BCUT2D eigenvalue weighted by Crippen LogP contribution is 2.19. The Hall–Kier alpha value is -0.900. The number of aliphatic hydroxyl groups is 1. The van der Waals surface area contributed by atoms with Crippen LogP contribution in [0.1, 0.15) is 36.5 Å². The van der Waals surface area contributed by atoms with Crippen LogP contribution in [0, 0.1) is 0 Å². The molecule has 0 radical (unpaired) electrons. The molecule has 3 heteroatoms. The van der Waals surface area contributed by atoms with Gasteiger partial charge in [0, 0.05) is 25.7 Å². The molecule has 0 aliphatic carbocycles. The van der Waals surface area contributed by atoms with Crippen LogP contribution in [-0.4, -0.2) is 24.3 Å². The van der Waals surface area contributed by atoms with E-state index in [2.05, 4.69) is 35.8 Å². The van der Waals surface area contributed by atoms with Crippen LogP contribution in [0.5, 0.6) is 0 Å². The predicted molar refractivity (Wildman–Crippen MR) is 74.5 cm³/mol. The first-order chi connectivity index (χ1) is 8.83. The van der Waals surface area contributed by atoms with E-state index in [0.717, 1.165) is 32.5 Å². The van der Waals surface area contributed by atoms with Crippen LogP contribution < -0.4 is 10.6 Å². The van der Waals surface area contributed by atoms with Gasteiger partial charge >= 0.3 is 0 Å². The monoisotopic (exact) mass is 248 g/mol. The molecule has 1 aromatic carbocycles. The summed E-state index contributed by atoms with van der Waals surface area (Å²) in [6.07, 6.45) is 3.17. The third-order valence-corrected chi connectivity index (χ3v) is 3.65. The Balaban J connectivity index is 1.94. The van der Waals surface area contributed by atoms with Crippen molar-refractivity contribution in [3.8, 4) is 0 Å². The molecule has 18 heavy (non-hydrogen) atoms. The molecule has 0 spiro atoms. The SMILES string of the molecule is CCC1Cc2cc(CNCCCO)ccc2CN1. The third-order valence-electron chi connectivity index (χ3n) is 3.65. The van der Waals surface area contributed by atoms with Gasteiger partial charge in [0.05, 0.1) is 0 Å². The Morgan fingerprint density at radius 2 is 2.28 bits per heavy atom. The zero-order chi connectivity index (χ0) is 12.8. The van der Waals surface area contributed by atoms with E-state index in [1.165, 1.54) is 23.1 Å². The van der Waals surface area contributed by atoms with E-state index in [0.29, 0.717) is 6.04 Å². The van der Waals surface area contributed by atoms with Crippen molar-refractivity contribution in [2.45, 2.75) is 45.3 Å². The van der Waals surface area contributed by atoms with Crippen LogP contribution in [0.4, 0.5) is 0 Å². The van der Waals surface area contributed by atoms with Gasteiger partial charge in [-0.25, -0.2) is 0 Å². The van der Waals surface area contributed by atoms with E-state index in [-0.39, 0.29) is 6.61 Å². The Kier molecular flexibility index (Phi) is 5.17. The molecule has 3 nitrogen and oxygen atoms in total. The maximum absolute atomic E-state index is 8.73. The molecule has 1 aliphatic heterocycles. The summed E-state index contributed by atoms with van der Waals surface area (Å²) in [7, 11) is 0. The molecular formula is C15H24N2O. The van der Waals surface area contributed by atoms with Crippen LogP contribution >= 0.6 is 0 Å². The van der Waals surface area contributed by atoms with Crippen LogP contribution in [0.2, 0.25) is 0 Å². The van der Waals surface area contributed by atoms with Gasteiger partial charge in [0.2, 0.25) is 0 Å². The third kappa shape index (κ3) is 3.55. The molecule has 1 aliphatic rings. The second-order valence-electron chi connectivity index (χ2n) is 5.05. The molecule has 3 N–H and O–H groups in total. The Morgan fingerprint density at radius 1 is 1.39 bits per heavy atom. The van der Waals surface area contributed by atoms with Crippen molar-refractivity contribution in [1.29, 1.82) is 0 Å². The maximum atomic E-state index is 8.73. The van der Waals surface area contributed by atoms with Crippen LogP contribution in [-0.2, 0) is 19.5 Å². The van der Waals surface area contributed by atoms with Gasteiger partial charge in [-0.05, 0) is 42.5 Å². The molecule has 1 unspecified atom stereocenters. The fraction of sp³-hybridized carbons (Fsp3) is 0.600. The maximum Gasteiger partial charge on any atom is 0.0443 e. The van der Waals surface area contributed by atoms with Gasteiger partial charge in [-0.1, -0.05) is 25.1 Å². The van der Waals surface area contributed by atoms with Crippen LogP contribution in [0.25, 0.3) is 0 Å². The summed E-state index contributed by atoms with van der Waals surface area (Å²) >= 11 is 0. The fourth-order valence-electron chi connectivity index (χ4n) is 2.47. The molecule has 0 fully saturated rings. The summed E-state index contributed by atoms with van der Waals surface area (Å²) < 4.78 is 0. The lowest BCUT2D eigenvalue weighted by atomic mass is 9.93. The molecule has 2 rings (SSSR count). The highest BCUT2D eigenvalue weighted by atomic mass is 16.3. The van der Waals surface area contributed by atoms with Gasteiger partial charge in [0.15, 0.2) is 0 Å². The minimum Gasteiger partial charge on any atom is -0.396 e. The highest BCUT2D eigenvalue weighted by molar-refractivity contribution is 5.34. The number of hydrogen-bond acceptors (Lipinski definition) is 3. The van der Waals surface area contributed by atoms with Crippen molar-refractivity contribution >= 4 is 0 Å². The van der Waals surface area contributed by atoms with Crippen LogP contribution in [0.15, 0.2) is 18.2 Å². The molecule has 0 saturated carbocycles. The normalized spacial score (nSPS) is 18.7. The second kappa shape index (κ2) is 6.88. The number of fused-ring (bicyclic) bond motifs is 1. The molecule has 1 aromatic rings. The quantitative estimate of drug-likeness (QED) is 0.670. The molecule has 1 atom stereocenters. The fourth-order valence-corrected chi connectivity index (χ4v) is 2.47. The Morgan fingerprint density at radius 3 is 3.06 bits per heavy atom. The van der Waals surface area contributed by atoms with E-state index >= 15 is 0 Å². The smallest absolute Gasteiger partial charge is 0.0443 e. The van der Waals surface area contributed by atoms with E-state index in [1.807, 2.05) is 0 Å². The van der Waals surface area contributed by atoms with Gasteiger partial charge in [0.1, 0.15) is 0 Å². The summed E-state index contributed by atoms with van der Waals surface area (Å²) in [5.74, 6) is 0. The first-order valence-corrected chi connectivity index (χ1v) is 6.99. The van der Waals surface area contributed by atoms with E-state index in [1.54, 1.807) is 0 Å². The number of rotatable bonds is 6. The van der Waals surface area contributed by atoms with Gasteiger partial charge in [-0.2, -0.15) is 0 Å². The summed E-state index contributed by atoms with van der Waals surface area (Å²) in [6.45, 7) is 5.29. The summed E-state index contributed by atoms with van der Waals surface area (Å²) in [5, 5.41) is 15.7. The summed E-state index contributed by atoms with van der Waals surface area (Å²) in [5.41, 5.74) is 4.30. The highest BCUT2D eigenvalue weighted by Gasteiger charge is 2.16. The van der Waals surface area contributed by atoms with Crippen molar-refractivity contribution in [3.05, 3.63) is 34.9 Å². The average molecular weight is 248 g/mol. The zero-order valence-electron chi connectivity index (χ0n) is 11.2. The topological polar surface area (TPSA) is 44.3 Å². The zero-order valence-corrected chi connectivity index (χ0v) is 11.2. The van der Waals surface area contributed by atoms with Crippen molar-refractivity contribution in [3.63, 3.8) is 0 Å². The molecular weight excluding hydrogens is 224 g/mol. The van der Waals surface area contributed by atoms with Gasteiger partial charge in [0.25, 0.3) is 0 Å².